The third kappa shape index (κ3) is 3.81. The number of likely N-dealkylation sites (N-methyl/N-ethyl adjacent to an activating group) is 1. The number of hydrogen-bond acceptors (Lipinski definition) is 8. The predicted molar refractivity (Wildman–Crippen MR) is 133 cm³/mol. The van der Waals surface area contributed by atoms with Crippen LogP contribution in [0.5, 0.6) is 5.75 Å². The molecule has 1 saturated heterocycles. The largest absolute Gasteiger partial charge is 0.495 e. The molecule has 4 aromatic rings. The maximum atomic E-state index is 12.1. The van der Waals surface area contributed by atoms with E-state index in [1.807, 2.05) is 35.0 Å². The molecule has 10 heteroatoms. The van der Waals surface area contributed by atoms with Gasteiger partial charge in [0, 0.05) is 67.8 Å². The molecule has 0 aliphatic carbocycles. The molecular formula is C25H25N7O3. The summed E-state index contributed by atoms with van der Waals surface area (Å²) in [6, 6.07) is 8.02. The lowest BCUT2D eigenvalue weighted by atomic mass is 10.1. The van der Waals surface area contributed by atoms with E-state index in [2.05, 4.69) is 26.3 Å². The van der Waals surface area contributed by atoms with Crippen molar-refractivity contribution in [3.63, 3.8) is 0 Å². The molecule has 1 amide bonds. The summed E-state index contributed by atoms with van der Waals surface area (Å²) in [6.45, 7) is 3.08. The Kier molecular flexibility index (Phi) is 5.22. The number of nitrogens with one attached hydrogen (secondary N) is 1. The van der Waals surface area contributed by atoms with Gasteiger partial charge in [-0.25, -0.2) is 15.0 Å². The van der Waals surface area contributed by atoms with Crippen LogP contribution >= 0.6 is 0 Å². The minimum atomic E-state index is 0.0412. The van der Waals surface area contributed by atoms with Gasteiger partial charge in [-0.15, -0.1) is 0 Å². The summed E-state index contributed by atoms with van der Waals surface area (Å²) in [6.07, 6.45) is 7.64. The van der Waals surface area contributed by atoms with E-state index in [-0.39, 0.29) is 5.91 Å². The fourth-order valence-electron chi connectivity index (χ4n) is 4.59. The average molecular weight is 472 g/mol. The van der Waals surface area contributed by atoms with Crippen molar-refractivity contribution in [3.05, 3.63) is 54.6 Å². The predicted octanol–water partition coefficient (Wildman–Crippen LogP) is 2.90. The molecule has 2 aliphatic rings. The van der Waals surface area contributed by atoms with E-state index in [0.717, 1.165) is 47.0 Å². The molecule has 6 rings (SSSR count). The number of morpholine rings is 1. The van der Waals surface area contributed by atoms with Gasteiger partial charge in [0.1, 0.15) is 11.6 Å². The minimum Gasteiger partial charge on any atom is -0.495 e. The lowest BCUT2D eigenvalue weighted by Crippen LogP contribution is -2.36. The van der Waals surface area contributed by atoms with Gasteiger partial charge in [-0.2, -0.15) is 0 Å². The molecule has 1 fully saturated rings. The number of aromatic nitrogens is 4. The zero-order valence-electron chi connectivity index (χ0n) is 19.6. The second-order valence-electron chi connectivity index (χ2n) is 8.58. The quantitative estimate of drug-likeness (QED) is 0.475. The van der Waals surface area contributed by atoms with E-state index in [0.29, 0.717) is 36.9 Å². The van der Waals surface area contributed by atoms with Crippen LogP contribution in [0.1, 0.15) is 5.56 Å². The first kappa shape index (κ1) is 21.4. The number of hydrogen-bond donors (Lipinski definition) is 1. The summed E-state index contributed by atoms with van der Waals surface area (Å²) in [5.74, 6) is 2.14. The summed E-state index contributed by atoms with van der Waals surface area (Å²) < 4.78 is 13.1. The molecule has 0 spiro atoms. The molecule has 0 atom stereocenters. The molecule has 0 saturated carbocycles. The number of carbonyl (C=O) groups is 1. The standard InChI is InChI=1S/C25H25N7O3/c1-30-22(33)12-16-11-17(14-27-24(16)30)19-15-32-6-5-26-25(32)23(29-19)28-18-3-4-20(21(13-18)34-2)31-7-9-35-10-8-31/h3-6,11,13-15H,7-10,12H2,1-2H3,(H,28,29). The van der Waals surface area contributed by atoms with Gasteiger partial charge < -0.3 is 24.1 Å². The molecular weight excluding hydrogens is 446 g/mol. The fraction of sp³-hybridized carbons (Fsp3) is 0.280. The van der Waals surface area contributed by atoms with Crippen LogP contribution in [0.4, 0.5) is 23.0 Å². The first-order valence-electron chi connectivity index (χ1n) is 11.5. The van der Waals surface area contributed by atoms with Crippen LogP contribution in [0.15, 0.2) is 49.1 Å². The molecule has 0 unspecified atom stereocenters. The lowest BCUT2D eigenvalue weighted by Gasteiger charge is -2.30. The van der Waals surface area contributed by atoms with Gasteiger partial charge in [0.25, 0.3) is 0 Å². The maximum absolute atomic E-state index is 12.1. The van der Waals surface area contributed by atoms with Crippen molar-refractivity contribution in [3.8, 4) is 17.0 Å². The smallest absolute Gasteiger partial charge is 0.232 e. The van der Waals surface area contributed by atoms with E-state index in [1.165, 1.54) is 0 Å². The molecule has 0 radical (unpaired) electrons. The number of amides is 1. The Morgan fingerprint density at radius 2 is 2.00 bits per heavy atom. The molecule has 5 heterocycles. The number of benzene rings is 1. The van der Waals surface area contributed by atoms with Gasteiger partial charge in [0.05, 0.1) is 38.1 Å². The maximum Gasteiger partial charge on any atom is 0.232 e. The van der Waals surface area contributed by atoms with E-state index in [4.69, 9.17) is 14.5 Å². The number of nitrogens with zero attached hydrogens (tertiary/aromatic N) is 6. The summed E-state index contributed by atoms with van der Waals surface area (Å²) in [5.41, 5.74) is 5.05. The number of methoxy groups -OCH3 is 1. The highest BCUT2D eigenvalue weighted by Crippen LogP contribution is 2.34. The highest BCUT2D eigenvalue weighted by Gasteiger charge is 2.26. The number of ether oxygens (including phenoxy) is 2. The Hall–Kier alpha value is -4.18. The number of imidazole rings is 1. The van der Waals surface area contributed by atoms with E-state index in [9.17, 15) is 4.79 Å². The lowest BCUT2D eigenvalue weighted by molar-refractivity contribution is -0.117. The second kappa shape index (κ2) is 8.55. The highest BCUT2D eigenvalue weighted by molar-refractivity contribution is 6.00. The number of anilines is 4. The van der Waals surface area contributed by atoms with Crippen LogP contribution in [0.25, 0.3) is 16.9 Å². The third-order valence-corrected chi connectivity index (χ3v) is 6.44. The molecule has 35 heavy (non-hydrogen) atoms. The highest BCUT2D eigenvalue weighted by atomic mass is 16.5. The minimum absolute atomic E-state index is 0.0412. The van der Waals surface area contributed by atoms with Crippen LogP contribution in [-0.2, 0) is 16.0 Å². The van der Waals surface area contributed by atoms with Crippen LogP contribution in [0, 0.1) is 0 Å². The van der Waals surface area contributed by atoms with E-state index >= 15 is 0 Å². The van der Waals surface area contributed by atoms with Crippen LogP contribution < -0.4 is 19.9 Å². The zero-order chi connectivity index (χ0) is 23.9. The van der Waals surface area contributed by atoms with E-state index in [1.54, 1.807) is 31.5 Å². The van der Waals surface area contributed by atoms with Crippen molar-refractivity contribution in [1.29, 1.82) is 0 Å². The summed E-state index contributed by atoms with van der Waals surface area (Å²) in [4.78, 5) is 29.8. The van der Waals surface area contributed by atoms with Gasteiger partial charge in [-0.05, 0) is 18.2 Å². The second-order valence-corrected chi connectivity index (χ2v) is 8.58. The SMILES string of the molecule is COc1cc(Nc2nc(-c3cnc4c(c3)CC(=O)N4C)cn3ccnc23)ccc1N1CCOCC1. The first-order valence-corrected chi connectivity index (χ1v) is 11.5. The summed E-state index contributed by atoms with van der Waals surface area (Å²) in [7, 11) is 3.43. The molecule has 1 N–H and O–H groups in total. The third-order valence-electron chi connectivity index (χ3n) is 6.44. The van der Waals surface area contributed by atoms with Crippen molar-refractivity contribution < 1.29 is 14.3 Å². The Labute approximate surface area is 202 Å². The fourth-order valence-corrected chi connectivity index (χ4v) is 4.59. The van der Waals surface area contributed by atoms with Crippen LogP contribution in [0.2, 0.25) is 0 Å². The van der Waals surface area contributed by atoms with Crippen LogP contribution in [-0.4, -0.2) is 65.7 Å². The molecule has 2 aliphatic heterocycles. The topological polar surface area (TPSA) is 97.1 Å². The van der Waals surface area contributed by atoms with Gasteiger partial charge in [-0.1, -0.05) is 0 Å². The normalized spacial score (nSPS) is 15.5. The van der Waals surface area contributed by atoms with Crippen molar-refractivity contribution in [1.82, 2.24) is 19.4 Å². The van der Waals surface area contributed by atoms with Crippen molar-refractivity contribution in [2.24, 2.45) is 0 Å². The first-order chi connectivity index (χ1) is 17.1. The molecule has 3 aromatic heterocycles. The Morgan fingerprint density at radius 3 is 2.83 bits per heavy atom. The Balaban J connectivity index is 1.35. The molecule has 10 nitrogen and oxygen atoms in total. The molecule has 178 valence electrons. The zero-order valence-corrected chi connectivity index (χ0v) is 19.6. The number of fused-ring (bicyclic) bond motifs is 2. The van der Waals surface area contributed by atoms with Gasteiger partial charge in [0.2, 0.25) is 5.91 Å². The average Bonchev–Trinajstić information content (AvgIpc) is 3.48. The van der Waals surface area contributed by atoms with Gasteiger partial charge in [-0.3, -0.25) is 9.69 Å². The Morgan fingerprint density at radius 1 is 1.14 bits per heavy atom. The molecule has 1 aromatic carbocycles. The van der Waals surface area contributed by atoms with E-state index < -0.39 is 0 Å². The summed E-state index contributed by atoms with van der Waals surface area (Å²) >= 11 is 0. The van der Waals surface area contributed by atoms with Gasteiger partial charge >= 0.3 is 0 Å². The van der Waals surface area contributed by atoms with Crippen molar-refractivity contribution >= 4 is 34.6 Å². The molecule has 0 bridgehead atoms. The van der Waals surface area contributed by atoms with Crippen molar-refractivity contribution in [2.45, 2.75) is 6.42 Å². The number of rotatable bonds is 5. The van der Waals surface area contributed by atoms with Crippen LogP contribution in [0.3, 0.4) is 0 Å². The number of pyridine rings is 1. The number of carbonyl (C=O) groups excluding carboxylic acids is 1. The Bertz CT molecular complexity index is 1430. The summed E-state index contributed by atoms with van der Waals surface area (Å²) in [5, 5.41) is 3.41. The monoisotopic (exact) mass is 471 g/mol. The van der Waals surface area contributed by atoms with Crippen molar-refractivity contribution in [2.75, 3.05) is 55.6 Å². The van der Waals surface area contributed by atoms with Gasteiger partial charge in [0.15, 0.2) is 11.5 Å².